The van der Waals surface area contributed by atoms with Crippen molar-refractivity contribution < 1.29 is 17.9 Å². The van der Waals surface area contributed by atoms with E-state index in [0.29, 0.717) is 43.0 Å². The number of rotatable bonds is 8. The maximum absolute atomic E-state index is 13.6. The minimum atomic E-state index is -3.17. The zero-order chi connectivity index (χ0) is 30.0. The number of carbonyl (C=O) groups excluding carboxylic acids is 1. The molecule has 42 heavy (non-hydrogen) atoms. The van der Waals surface area contributed by atoms with Crippen LogP contribution in [0.2, 0.25) is 5.02 Å². The molecule has 0 spiro atoms. The standard InChI is InChI=1S/C30H43ClN6O4S/c1-20-28(30(38)37-17-13-25(14-18-37)36-15-11-24(12-16-36)35(3)42(4,39)40)33-21(2)34-29(20)32-19-26-9-10-27(41-26)22-5-7-23(31)8-6-22/h5-8,24-27H,9-19H2,1-4H3,(H,32,33,34)/t26?,27-/m1/s1. The Morgan fingerprint density at radius 3 is 2.33 bits per heavy atom. The summed E-state index contributed by atoms with van der Waals surface area (Å²) in [5, 5.41) is 4.15. The number of hydrogen-bond donors (Lipinski definition) is 1. The summed E-state index contributed by atoms with van der Waals surface area (Å²) in [6.07, 6.45) is 6.76. The van der Waals surface area contributed by atoms with Crippen molar-refractivity contribution >= 4 is 33.3 Å². The molecule has 230 valence electrons. The molecule has 1 N–H and O–H groups in total. The minimum absolute atomic E-state index is 0.0482. The van der Waals surface area contributed by atoms with Crippen LogP contribution in [0, 0.1) is 13.8 Å². The fraction of sp³-hybridized carbons (Fsp3) is 0.633. The highest BCUT2D eigenvalue weighted by Gasteiger charge is 2.33. The number of sulfonamides is 1. The highest BCUT2D eigenvalue weighted by atomic mass is 35.5. The normalized spacial score (nSPS) is 23.0. The van der Waals surface area contributed by atoms with E-state index in [4.69, 9.17) is 16.3 Å². The van der Waals surface area contributed by atoms with E-state index in [1.807, 2.05) is 43.0 Å². The molecular formula is C30H43ClN6O4S. The molecule has 0 aliphatic carbocycles. The second-order valence-electron chi connectivity index (χ2n) is 11.9. The number of amides is 1. The molecule has 1 unspecified atom stereocenters. The van der Waals surface area contributed by atoms with E-state index < -0.39 is 10.0 Å². The second kappa shape index (κ2) is 13.1. The number of aromatic nitrogens is 2. The van der Waals surface area contributed by atoms with Crippen LogP contribution in [0.25, 0.3) is 0 Å². The van der Waals surface area contributed by atoms with Crippen molar-refractivity contribution in [3.05, 3.63) is 51.9 Å². The average molecular weight is 619 g/mol. The number of aryl methyl sites for hydroxylation is 1. The van der Waals surface area contributed by atoms with Gasteiger partial charge in [-0.3, -0.25) is 4.79 Å². The number of carbonyl (C=O) groups is 1. The molecule has 1 amide bonds. The molecule has 5 rings (SSSR count). The van der Waals surface area contributed by atoms with Gasteiger partial charge in [0.15, 0.2) is 0 Å². The van der Waals surface area contributed by atoms with E-state index in [-0.39, 0.29) is 24.2 Å². The fourth-order valence-corrected chi connectivity index (χ4v) is 7.35. The number of ether oxygens (including phenoxy) is 1. The molecule has 0 saturated carbocycles. The topological polar surface area (TPSA) is 108 Å². The van der Waals surface area contributed by atoms with Crippen molar-refractivity contribution in [1.82, 2.24) is 24.1 Å². The molecular weight excluding hydrogens is 576 g/mol. The fourth-order valence-electron chi connectivity index (χ4n) is 6.47. The molecule has 3 aliphatic heterocycles. The van der Waals surface area contributed by atoms with Gasteiger partial charge in [-0.1, -0.05) is 23.7 Å². The van der Waals surface area contributed by atoms with Crippen LogP contribution >= 0.6 is 11.6 Å². The second-order valence-corrected chi connectivity index (χ2v) is 14.4. The van der Waals surface area contributed by atoms with Crippen LogP contribution in [0.15, 0.2) is 24.3 Å². The average Bonchev–Trinajstić information content (AvgIpc) is 3.46. The van der Waals surface area contributed by atoms with Crippen LogP contribution in [0.1, 0.15) is 72.1 Å². The van der Waals surface area contributed by atoms with Gasteiger partial charge >= 0.3 is 0 Å². The summed E-state index contributed by atoms with van der Waals surface area (Å²) < 4.78 is 31.6. The first kappa shape index (κ1) is 31.1. The van der Waals surface area contributed by atoms with Gasteiger partial charge in [-0.05, 0) is 83.2 Å². The van der Waals surface area contributed by atoms with Gasteiger partial charge in [-0.25, -0.2) is 22.7 Å². The maximum Gasteiger partial charge on any atom is 0.272 e. The Morgan fingerprint density at radius 2 is 1.69 bits per heavy atom. The third-order valence-corrected chi connectivity index (χ3v) is 10.7. The lowest BCUT2D eigenvalue weighted by Crippen LogP contribution is -2.52. The number of nitrogens with one attached hydrogen (secondary N) is 1. The van der Waals surface area contributed by atoms with Gasteiger partial charge in [0, 0.05) is 49.4 Å². The zero-order valence-corrected chi connectivity index (χ0v) is 26.6. The van der Waals surface area contributed by atoms with Gasteiger partial charge in [0.2, 0.25) is 10.0 Å². The summed E-state index contributed by atoms with van der Waals surface area (Å²) in [6, 6.07) is 8.30. The van der Waals surface area contributed by atoms with Crippen LogP contribution in [-0.2, 0) is 14.8 Å². The van der Waals surface area contributed by atoms with E-state index in [1.165, 1.54) is 10.6 Å². The highest BCUT2D eigenvalue weighted by molar-refractivity contribution is 7.88. The minimum Gasteiger partial charge on any atom is -0.368 e. The van der Waals surface area contributed by atoms with E-state index in [2.05, 4.69) is 20.2 Å². The SMILES string of the molecule is Cc1nc(NCC2CC[C@H](c3ccc(Cl)cc3)O2)c(C)c(C(=O)N2CCC(N3CCC(N(C)S(C)(=O)=O)CC3)CC2)n1. The van der Waals surface area contributed by atoms with Gasteiger partial charge in [0.25, 0.3) is 5.91 Å². The van der Waals surface area contributed by atoms with Gasteiger partial charge in [0.05, 0.1) is 18.5 Å². The highest BCUT2D eigenvalue weighted by Crippen LogP contribution is 2.33. The van der Waals surface area contributed by atoms with E-state index >= 15 is 0 Å². The summed E-state index contributed by atoms with van der Waals surface area (Å²) in [5.41, 5.74) is 2.35. The molecule has 10 nitrogen and oxygen atoms in total. The van der Waals surface area contributed by atoms with E-state index in [1.54, 1.807) is 7.05 Å². The molecule has 0 bridgehead atoms. The van der Waals surface area contributed by atoms with Crippen LogP contribution in [0.5, 0.6) is 0 Å². The lowest BCUT2D eigenvalue weighted by molar-refractivity contribution is 0.0521. The van der Waals surface area contributed by atoms with Crippen LogP contribution in [0.4, 0.5) is 5.82 Å². The van der Waals surface area contributed by atoms with Crippen molar-refractivity contribution in [2.45, 2.75) is 76.7 Å². The smallest absolute Gasteiger partial charge is 0.272 e. The molecule has 1 aromatic heterocycles. The molecule has 0 radical (unpaired) electrons. The number of nitrogens with zero attached hydrogens (tertiary/aromatic N) is 5. The molecule has 2 atom stereocenters. The third-order valence-electron chi connectivity index (χ3n) is 9.11. The lowest BCUT2D eigenvalue weighted by atomic mass is 9.97. The first-order valence-electron chi connectivity index (χ1n) is 15.0. The van der Waals surface area contributed by atoms with Crippen LogP contribution in [-0.4, -0.2) is 103 Å². The number of benzene rings is 1. The third kappa shape index (κ3) is 7.24. The Kier molecular flexibility index (Phi) is 9.73. The molecule has 3 aliphatic rings. The maximum atomic E-state index is 13.6. The predicted molar refractivity (Wildman–Crippen MR) is 164 cm³/mol. The van der Waals surface area contributed by atoms with Gasteiger partial charge in [0.1, 0.15) is 17.3 Å². The Morgan fingerprint density at radius 1 is 1.02 bits per heavy atom. The van der Waals surface area contributed by atoms with E-state index in [9.17, 15) is 13.2 Å². The van der Waals surface area contributed by atoms with Crippen molar-refractivity contribution in [1.29, 1.82) is 0 Å². The molecule has 2 aromatic rings. The van der Waals surface area contributed by atoms with Gasteiger partial charge in [-0.15, -0.1) is 0 Å². The number of halogens is 1. The van der Waals surface area contributed by atoms with E-state index in [0.717, 1.165) is 67.8 Å². The Hall–Kier alpha value is -2.31. The monoisotopic (exact) mass is 618 g/mol. The summed E-state index contributed by atoms with van der Waals surface area (Å²) >= 11 is 6.03. The Bertz CT molecular complexity index is 1360. The zero-order valence-electron chi connectivity index (χ0n) is 25.1. The molecule has 1 aromatic carbocycles. The predicted octanol–water partition coefficient (Wildman–Crippen LogP) is 4.04. The summed E-state index contributed by atoms with van der Waals surface area (Å²) in [7, 11) is -1.50. The Balaban J connectivity index is 1.13. The summed E-state index contributed by atoms with van der Waals surface area (Å²) in [4.78, 5) is 27.1. The number of piperidine rings is 2. The molecule has 3 saturated heterocycles. The molecule has 4 heterocycles. The Labute approximate surface area is 254 Å². The summed E-state index contributed by atoms with van der Waals surface area (Å²) in [6.45, 7) is 7.46. The van der Waals surface area contributed by atoms with Gasteiger partial charge < -0.3 is 19.9 Å². The molecule has 12 heteroatoms. The quantitative estimate of drug-likeness (QED) is 0.472. The van der Waals surface area contributed by atoms with Crippen molar-refractivity contribution in [3.8, 4) is 0 Å². The number of hydrogen-bond acceptors (Lipinski definition) is 8. The number of likely N-dealkylation sites (tertiary alicyclic amines) is 2. The van der Waals surface area contributed by atoms with Crippen molar-refractivity contribution in [2.24, 2.45) is 0 Å². The van der Waals surface area contributed by atoms with Crippen molar-refractivity contribution in [2.75, 3.05) is 51.3 Å². The molecule has 3 fully saturated rings. The largest absolute Gasteiger partial charge is 0.368 e. The lowest BCUT2D eigenvalue weighted by Gasteiger charge is -2.43. The number of anilines is 1. The van der Waals surface area contributed by atoms with Crippen LogP contribution in [0.3, 0.4) is 0 Å². The van der Waals surface area contributed by atoms with Crippen LogP contribution < -0.4 is 5.32 Å². The first-order chi connectivity index (χ1) is 20.0. The van der Waals surface area contributed by atoms with Gasteiger partial charge in [-0.2, -0.15) is 0 Å². The van der Waals surface area contributed by atoms with Crippen molar-refractivity contribution in [3.63, 3.8) is 0 Å². The first-order valence-corrected chi connectivity index (χ1v) is 17.2. The summed E-state index contributed by atoms with van der Waals surface area (Å²) in [5.74, 6) is 1.20.